The van der Waals surface area contributed by atoms with Crippen molar-refractivity contribution in [2.45, 2.75) is 25.9 Å². The number of anilines is 1. The number of halogens is 4. The summed E-state index contributed by atoms with van der Waals surface area (Å²) in [5.41, 5.74) is 0.829. The molecule has 0 saturated heterocycles. The molecule has 0 atom stereocenters. The average Bonchev–Trinajstić information content (AvgIpc) is 3.06. The number of alkyl halides is 3. The number of hydrogen-bond donors (Lipinski definition) is 1. The van der Waals surface area contributed by atoms with Gasteiger partial charge in [-0.1, -0.05) is 12.1 Å². The van der Waals surface area contributed by atoms with E-state index >= 15 is 0 Å². The molecule has 0 aliphatic rings. The molecule has 1 N–H and O–H groups in total. The molecule has 1 amide bonds. The number of carbonyl (C=O) groups excluding carboxylic acids is 3. The Balaban J connectivity index is 2.29. The Morgan fingerprint density at radius 1 is 1.22 bits per heavy atom. The molecular weight excluding hydrogens is 519 g/mol. The summed E-state index contributed by atoms with van der Waals surface area (Å²) in [6.07, 6.45) is -6.35. The van der Waals surface area contributed by atoms with Crippen molar-refractivity contribution in [2.24, 2.45) is 0 Å². The topological polar surface area (TPSA) is 90.9 Å². The summed E-state index contributed by atoms with van der Waals surface area (Å²) in [7, 11) is 1.20. The van der Waals surface area contributed by atoms with Crippen LogP contribution >= 0.6 is 27.3 Å². The lowest BCUT2D eigenvalue weighted by atomic mass is 10.1. The van der Waals surface area contributed by atoms with Gasteiger partial charge in [0.15, 0.2) is 17.2 Å². The minimum Gasteiger partial charge on any atom is -0.479 e. The minimum atomic E-state index is -4.43. The maximum absolute atomic E-state index is 12.3. The van der Waals surface area contributed by atoms with Gasteiger partial charge in [-0.05, 0) is 40.5 Å². The molecule has 0 bridgehead atoms. The molecule has 174 valence electrons. The van der Waals surface area contributed by atoms with E-state index < -0.39 is 43.5 Å². The molecule has 12 heteroatoms. The Bertz CT molecular complexity index is 992. The number of methoxy groups -OCH3 is 1. The summed E-state index contributed by atoms with van der Waals surface area (Å²) in [6, 6.07) is 6.34. The fourth-order valence-corrected chi connectivity index (χ4v) is 4.46. The zero-order valence-corrected chi connectivity index (χ0v) is 19.4. The highest BCUT2D eigenvalue weighted by Gasteiger charge is 2.28. The number of hydrogen-bond acceptors (Lipinski definition) is 7. The van der Waals surface area contributed by atoms with Crippen molar-refractivity contribution < 1.29 is 41.8 Å². The molecule has 1 aromatic heterocycles. The maximum Gasteiger partial charge on any atom is 0.389 e. The van der Waals surface area contributed by atoms with Crippen LogP contribution in [0.2, 0.25) is 0 Å². The average molecular weight is 538 g/mol. The summed E-state index contributed by atoms with van der Waals surface area (Å²) < 4.78 is 52.4. The maximum atomic E-state index is 12.3. The first-order chi connectivity index (χ1) is 15.1. The first-order valence-electron chi connectivity index (χ1n) is 9.21. The van der Waals surface area contributed by atoms with Crippen LogP contribution in [0, 0.1) is 0 Å². The third-order valence-corrected chi connectivity index (χ3v) is 6.08. The molecule has 0 saturated carbocycles. The molecule has 0 unspecified atom stereocenters. The highest BCUT2D eigenvalue weighted by Crippen LogP contribution is 2.46. The van der Waals surface area contributed by atoms with E-state index in [0.29, 0.717) is 14.9 Å². The van der Waals surface area contributed by atoms with Crippen molar-refractivity contribution in [2.75, 3.05) is 25.6 Å². The van der Waals surface area contributed by atoms with Gasteiger partial charge < -0.3 is 19.5 Å². The third-order valence-electron chi connectivity index (χ3n) is 3.86. The number of nitrogens with one attached hydrogen (secondary N) is 1. The SMILES string of the molecule is CCOC(=O)COc1c(C(=O)OC)sc(-c2cccc(NC(=O)CCC(F)(F)F)c2)c1Br. The van der Waals surface area contributed by atoms with Crippen LogP contribution in [0.4, 0.5) is 18.9 Å². The number of benzene rings is 1. The van der Waals surface area contributed by atoms with Crippen molar-refractivity contribution in [3.8, 4) is 16.2 Å². The molecule has 7 nitrogen and oxygen atoms in total. The number of thiophene rings is 1. The number of amides is 1. The lowest BCUT2D eigenvalue weighted by Crippen LogP contribution is -2.16. The van der Waals surface area contributed by atoms with E-state index in [0.717, 1.165) is 11.3 Å². The largest absolute Gasteiger partial charge is 0.479 e. The van der Waals surface area contributed by atoms with E-state index in [-0.39, 0.29) is 22.9 Å². The fraction of sp³-hybridized carbons (Fsp3) is 0.350. The monoisotopic (exact) mass is 537 g/mol. The highest BCUT2D eigenvalue weighted by molar-refractivity contribution is 9.10. The second kappa shape index (κ2) is 11.3. The second-order valence-electron chi connectivity index (χ2n) is 6.23. The third kappa shape index (κ3) is 7.23. The summed E-state index contributed by atoms with van der Waals surface area (Å²) in [6.45, 7) is 1.39. The van der Waals surface area contributed by atoms with E-state index in [9.17, 15) is 27.6 Å². The molecule has 2 rings (SSSR count). The van der Waals surface area contributed by atoms with Crippen LogP contribution in [-0.2, 0) is 19.1 Å². The Morgan fingerprint density at radius 3 is 2.56 bits per heavy atom. The van der Waals surface area contributed by atoms with Gasteiger partial charge in [0.2, 0.25) is 5.91 Å². The summed E-state index contributed by atoms with van der Waals surface area (Å²) in [5, 5.41) is 2.42. The van der Waals surface area contributed by atoms with E-state index in [1.54, 1.807) is 19.1 Å². The van der Waals surface area contributed by atoms with Gasteiger partial charge in [0.25, 0.3) is 0 Å². The zero-order chi connectivity index (χ0) is 23.9. The fourth-order valence-electron chi connectivity index (χ4n) is 2.49. The highest BCUT2D eigenvalue weighted by atomic mass is 79.9. The lowest BCUT2D eigenvalue weighted by molar-refractivity contribution is -0.145. The van der Waals surface area contributed by atoms with Crippen LogP contribution in [0.5, 0.6) is 5.75 Å². The second-order valence-corrected chi connectivity index (χ2v) is 8.05. The van der Waals surface area contributed by atoms with Crippen molar-refractivity contribution in [3.63, 3.8) is 0 Å². The molecule has 0 aliphatic carbocycles. The Kier molecular flexibility index (Phi) is 9.08. The Hall–Kier alpha value is -2.60. The molecule has 2 aromatic rings. The van der Waals surface area contributed by atoms with Gasteiger partial charge in [-0.3, -0.25) is 4.79 Å². The van der Waals surface area contributed by atoms with Gasteiger partial charge in [0.1, 0.15) is 0 Å². The lowest BCUT2D eigenvalue weighted by Gasteiger charge is -2.09. The molecule has 32 heavy (non-hydrogen) atoms. The first-order valence-corrected chi connectivity index (χ1v) is 10.8. The predicted molar refractivity (Wildman–Crippen MR) is 115 cm³/mol. The Labute approximate surface area is 194 Å². The molecule has 0 spiro atoms. The van der Waals surface area contributed by atoms with Gasteiger partial charge in [0.05, 0.1) is 29.5 Å². The van der Waals surface area contributed by atoms with Gasteiger partial charge in [-0.15, -0.1) is 11.3 Å². The van der Waals surface area contributed by atoms with E-state index in [2.05, 4.69) is 21.2 Å². The zero-order valence-electron chi connectivity index (χ0n) is 17.0. The molecule has 0 aliphatic heterocycles. The normalized spacial score (nSPS) is 11.1. The quantitative estimate of drug-likeness (QED) is 0.443. The van der Waals surface area contributed by atoms with Gasteiger partial charge in [0, 0.05) is 12.1 Å². The van der Waals surface area contributed by atoms with Crippen LogP contribution in [0.3, 0.4) is 0 Å². The van der Waals surface area contributed by atoms with Gasteiger partial charge in [-0.2, -0.15) is 13.2 Å². The number of ether oxygens (including phenoxy) is 3. The number of rotatable bonds is 9. The van der Waals surface area contributed by atoms with Crippen LogP contribution in [-0.4, -0.2) is 44.3 Å². The molecule has 0 fully saturated rings. The van der Waals surface area contributed by atoms with Crippen molar-refractivity contribution in [1.29, 1.82) is 0 Å². The van der Waals surface area contributed by atoms with Crippen LogP contribution in [0.15, 0.2) is 28.7 Å². The molecule has 0 radical (unpaired) electrons. The van der Waals surface area contributed by atoms with Crippen molar-refractivity contribution >= 4 is 50.8 Å². The van der Waals surface area contributed by atoms with Gasteiger partial charge >= 0.3 is 18.1 Å². The van der Waals surface area contributed by atoms with Crippen LogP contribution in [0.25, 0.3) is 10.4 Å². The minimum absolute atomic E-state index is 0.0875. The summed E-state index contributed by atoms with van der Waals surface area (Å²) in [5.74, 6) is -1.99. The van der Waals surface area contributed by atoms with E-state index in [1.165, 1.54) is 19.2 Å². The van der Waals surface area contributed by atoms with E-state index in [1.807, 2.05) is 0 Å². The first kappa shape index (κ1) is 25.7. The molecular formula is C20H19BrF3NO6S. The van der Waals surface area contributed by atoms with Crippen LogP contribution < -0.4 is 10.1 Å². The van der Waals surface area contributed by atoms with Gasteiger partial charge in [-0.25, -0.2) is 9.59 Å². The predicted octanol–water partition coefficient (Wildman–Crippen LogP) is 5.19. The van der Waals surface area contributed by atoms with E-state index in [4.69, 9.17) is 14.2 Å². The Morgan fingerprint density at radius 2 is 1.94 bits per heavy atom. The standard InChI is InChI=1S/C20H19BrF3NO6S/c1-3-30-14(27)10-31-16-15(21)17(32-18(16)19(28)29-2)11-5-4-6-12(9-11)25-13(26)7-8-20(22,23)24/h4-6,9H,3,7-8,10H2,1-2H3,(H,25,26). The van der Waals surface area contributed by atoms with Crippen LogP contribution in [0.1, 0.15) is 29.4 Å². The smallest absolute Gasteiger partial charge is 0.389 e. The summed E-state index contributed by atoms with van der Waals surface area (Å²) >= 11 is 4.38. The number of esters is 2. The molecule has 1 aromatic carbocycles. The number of carbonyl (C=O) groups is 3. The molecule has 1 heterocycles. The van der Waals surface area contributed by atoms with Crippen molar-refractivity contribution in [3.05, 3.63) is 33.6 Å². The van der Waals surface area contributed by atoms with Crippen molar-refractivity contribution in [1.82, 2.24) is 0 Å². The summed E-state index contributed by atoms with van der Waals surface area (Å²) in [4.78, 5) is 36.3.